The summed E-state index contributed by atoms with van der Waals surface area (Å²) in [6.07, 6.45) is 3.99. The molecule has 0 radical (unpaired) electrons. The number of hydrogen-bond acceptors (Lipinski definition) is 5. The predicted molar refractivity (Wildman–Crippen MR) is 140 cm³/mol. The number of aliphatic hydroxyl groups is 1. The Hall–Kier alpha value is -2.23. The van der Waals surface area contributed by atoms with Gasteiger partial charge in [-0.25, -0.2) is 4.98 Å². The van der Waals surface area contributed by atoms with Gasteiger partial charge in [0.2, 0.25) is 5.91 Å². The van der Waals surface area contributed by atoms with Crippen LogP contribution in [0.15, 0.2) is 18.3 Å². The summed E-state index contributed by atoms with van der Waals surface area (Å²) < 4.78 is 1.79. The Morgan fingerprint density at radius 2 is 2.06 bits per heavy atom. The Morgan fingerprint density at radius 3 is 2.72 bits per heavy atom. The van der Waals surface area contributed by atoms with Crippen molar-refractivity contribution in [1.29, 1.82) is 0 Å². The maximum absolute atomic E-state index is 13.3. The number of hydrogen-bond donors (Lipinski definition) is 3. The molecule has 2 aromatic rings. The molecule has 36 heavy (non-hydrogen) atoms. The number of carbonyl (C=O) groups excluding carboxylic acids is 2. The molecular weight excluding hydrogens is 474 g/mol. The van der Waals surface area contributed by atoms with E-state index in [1.54, 1.807) is 22.0 Å². The highest BCUT2D eigenvalue weighted by molar-refractivity contribution is 7.15. The van der Waals surface area contributed by atoms with Crippen molar-refractivity contribution in [3.05, 3.63) is 34.6 Å². The lowest BCUT2D eigenvalue weighted by atomic mass is 9.53. The molecule has 6 atom stereocenters. The number of thiazole rings is 1. The molecule has 2 aromatic heterocycles. The number of anilines is 1. The third-order valence-electron chi connectivity index (χ3n) is 9.28. The normalized spacial score (nSPS) is 31.4. The van der Waals surface area contributed by atoms with E-state index in [9.17, 15) is 14.7 Å². The molecule has 5 rings (SSSR count). The maximum atomic E-state index is 13.3. The third kappa shape index (κ3) is 4.39. The van der Waals surface area contributed by atoms with Crippen molar-refractivity contribution in [2.75, 3.05) is 38.5 Å². The van der Waals surface area contributed by atoms with Gasteiger partial charge < -0.3 is 19.5 Å². The van der Waals surface area contributed by atoms with Crippen molar-refractivity contribution in [2.45, 2.75) is 52.1 Å². The number of carbonyl (C=O) groups is 2. The van der Waals surface area contributed by atoms with Gasteiger partial charge in [0, 0.05) is 30.0 Å². The van der Waals surface area contributed by atoms with Crippen LogP contribution in [0, 0.1) is 23.2 Å². The molecule has 2 amide bonds. The lowest BCUT2D eigenvalue weighted by Crippen LogP contribution is -3.12. The Labute approximate surface area is 217 Å². The predicted octanol–water partition coefficient (Wildman–Crippen LogP) is 1.78. The first-order valence-corrected chi connectivity index (χ1v) is 14.1. The molecule has 2 fully saturated rings. The second-order valence-electron chi connectivity index (χ2n) is 11.7. The molecule has 1 saturated carbocycles. The SMILES string of the molecule is C[C@H](C(=O)N1CC[NH+](C)CC1)[C@@H]1CC[C@]2(C)Cc3sc(NC(=O)c4cccn4C)nc3[C@@H](C)[C@@H]2[C@H]1O. The summed E-state index contributed by atoms with van der Waals surface area (Å²) in [5, 5.41) is 15.3. The first-order chi connectivity index (χ1) is 17.1. The summed E-state index contributed by atoms with van der Waals surface area (Å²) in [7, 11) is 4.02. The quantitative estimate of drug-likeness (QED) is 0.580. The van der Waals surface area contributed by atoms with E-state index < -0.39 is 6.10 Å². The van der Waals surface area contributed by atoms with Gasteiger partial charge in [-0.05, 0) is 48.6 Å². The van der Waals surface area contributed by atoms with Gasteiger partial charge in [0.15, 0.2) is 5.13 Å². The second kappa shape index (κ2) is 9.58. The van der Waals surface area contributed by atoms with Crippen molar-refractivity contribution in [3.8, 4) is 0 Å². The van der Waals surface area contributed by atoms with Crippen LogP contribution in [0.5, 0.6) is 0 Å². The van der Waals surface area contributed by atoms with E-state index in [0.717, 1.165) is 51.1 Å². The van der Waals surface area contributed by atoms with Gasteiger partial charge in [-0.2, -0.15) is 0 Å². The standard InChI is InChI=1S/C27H39N5O3S/c1-16(25(35)32-13-11-30(4)12-14-32)18-8-9-27(3)15-20-22(17(2)21(27)23(18)33)28-26(36-20)29-24(34)19-7-6-10-31(19)5/h6-7,10,16-18,21,23,33H,8-9,11-15H2,1-5H3,(H,28,29,34)/p+1/t16-,17-,18-,21+,23-,27+/m0/s1. The molecular formula is C27H40N5O3S+. The number of nitrogens with zero attached hydrogens (tertiary/aromatic N) is 3. The minimum absolute atomic E-state index is 0.0365. The maximum Gasteiger partial charge on any atom is 0.274 e. The fourth-order valence-corrected chi connectivity index (χ4v) is 8.30. The molecule has 3 heterocycles. The zero-order valence-electron chi connectivity index (χ0n) is 22.1. The van der Waals surface area contributed by atoms with Crippen molar-refractivity contribution in [1.82, 2.24) is 14.5 Å². The minimum atomic E-state index is -0.549. The van der Waals surface area contributed by atoms with Crippen LogP contribution in [-0.2, 0) is 18.3 Å². The smallest absolute Gasteiger partial charge is 0.274 e. The summed E-state index contributed by atoms with van der Waals surface area (Å²) in [6, 6.07) is 3.65. The van der Waals surface area contributed by atoms with Crippen LogP contribution < -0.4 is 10.2 Å². The van der Waals surface area contributed by atoms with Crippen LogP contribution in [0.25, 0.3) is 0 Å². The van der Waals surface area contributed by atoms with Crippen LogP contribution in [0.2, 0.25) is 0 Å². The topological polar surface area (TPSA) is 91.9 Å². The fourth-order valence-electron chi connectivity index (χ4n) is 7.04. The lowest BCUT2D eigenvalue weighted by Gasteiger charge is -2.53. The van der Waals surface area contributed by atoms with E-state index in [4.69, 9.17) is 4.98 Å². The second-order valence-corrected chi connectivity index (χ2v) is 12.8. The molecule has 0 unspecified atom stereocenters. The average Bonchev–Trinajstić information content (AvgIpc) is 3.44. The summed E-state index contributed by atoms with van der Waals surface area (Å²) in [6.45, 7) is 10.0. The largest absolute Gasteiger partial charge is 0.392 e. The molecule has 0 aromatic carbocycles. The lowest BCUT2D eigenvalue weighted by molar-refractivity contribution is -0.883. The number of amides is 2. The Balaban J connectivity index is 1.33. The van der Waals surface area contributed by atoms with Crippen molar-refractivity contribution in [3.63, 3.8) is 0 Å². The molecule has 2 aliphatic carbocycles. The molecule has 1 saturated heterocycles. The number of aliphatic hydroxyl groups excluding tert-OH is 1. The van der Waals surface area contributed by atoms with Crippen LogP contribution in [0.4, 0.5) is 5.13 Å². The minimum Gasteiger partial charge on any atom is -0.392 e. The number of aryl methyl sites for hydroxylation is 1. The summed E-state index contributed by atoms with van der Waals surface area (Å²) in [4.78, 5) is 35.6. The van der Waals surface area contributed by atoms with Gasteiger partial charge in [-0.1, -0.05) is 20.8 Å². The Kier molecular flexibility index (Phi) is 6.76. The monoisotopic (exact) mass is 514 g/mol. The molecule has 3 aliphatic rings. The molecule has 0 spiro atoms. The fraction of sp³-hybridized carbons (Fsp3) is 0.667. The van der Waals surface area contributed by atoms with Crippen molar-refractivity contribution < 1.29 is 19.6 Å². The Bertz CT molecular complexity index is 1140. The molecule has 3 N–H and O–H groups in total. The van der Waals surface area contributed by atoms with Crippen LogP contribution in [0.3, 0.4) is 0 Å². The van der Waals surface area contributed by atoms with Crippen LogP contribution in [-0.4, -0.2) is 70.7 Å². The average molecular weight is 515 g/mol. The zero-order valence-corrected chi connectivity index (χ0v) is 22.9. The van der Waals surface area contributed by atoms with E-state index in [-0.39, 0.29) is 40.9 Å². The van der Waals surface area contributed by atoms with Gasteiger partial charge in [0.1, 0.15) is 5.69 Å². The number of likely N-dealkylation sites (N-methyl/N-ethyl adjacent to an activating group) is 1. The van der Waals surface area contributed by atoms with E-state index in [2.05, 4.69) is 26.2 Å². The van der Waals surface area contributed by atoms with Crippen molar-refractivity contribution in [2.24, 2.45) is 30.2 Å². The number of nitrogens with one attached hydrogen (secondary N) is 2. The number of piperazine rings is 1. The van der Waals surface area contributed by atoms with Crippen LogP contribution in [0.1, 0.15) is 60.6 Å². The first kappa shape index (κ1) is 25.4. The molecule has 196 valence electrons. The number of fused-ring (bicyclic) bond motifs is 2. The van der Waals surface area contributed by atoms with Gasteiger partial charge in [0.05, 0.1) is 45.0 Å². The highest BCUT2D eigenvalue weighted by Crippen LogP contribution is 2.57. The van der Waals surface area contributed by atoms with E-state index in [1.165, 1.54) is 9.78 Å². The zero-order chi connectivity index (χ0) is 25.8. The van der Waals surface area contributed by atoms with Gasteiger partial charge in [-0.15, -0.1) is 11.3 Å². The van der Waals surface area contributed by atoms with Gasteiger partial charge >= 0.3 is 0 Å². The van der Waals surface area contributed by atoms with Crippen LogP contribution >= 0.6 is 11.3 Å². The molecule has 0 bridgehead atoms. The number of quaternary nitrogens is 1. The molecule has 9 heteroatoms. The summed E-state index contributed by atoms with van der Waals surface area (Å²) in [5.41, 5.74) is 1.54. The van der Waals surface area contributed by atoms with E-state index in [1.807, 2.05) is 31.1 Å². The number of rotatable bonds is 4. The van der Waals surface area contributed by atoms with E-state index in [0.29, 0.717) is 10.8 Å². The molecule has 8 nitrogen and oxygen atoms in total. The van der Waals surface area contributed by atoms with Gasteiger partial charge in [0.25, 0.3) is 5.91 Å². The van der Waals surface area contributed by atoms with Crippen molar-refractivity contribution >= 4 is 28.3 Å². The first-order valence-electron chi connectivity index (χ1n) is 13.3. The Morgan fingerprint density at radius 1 is 1.33 bits per heavy atom. The van der Waals surface area contributed by atoms with Gasteiger partial charge in [-0.3, -0.25) is 14.9 Å². The summed E-state index contributed by atoms with van der Waals surface area (Å²) >= 11 is 1.56. The highest BCUT2D eigenvalue weighted by atomic mass is 32.1. The number of aromatic nitrogens is 2. The third-order valence-corrected chi connectivity index (χ3v) is 10.3. The molecule has 1 aliphatic heterocycles. The summed E-state index contributed by atoms with van der Waals surface area (Å²) in [5.74, 6) is -0.104. The van der Waals surface area contributed by atoms with E-state index >= 15 is 0 Å². The highest BCUT2D eigenvalue weighted by Gasteiger charge is 2.54.